The van der Waals surface area contributed by atoms with Crippen molar-refractivity contribution in [2.45, 2.75) is 24.4 Å². The van der Waals surface area contributed by atoms with Crippen molar-refractivity contribution in [3.63, 3.8) is 0 Å². The molecular formula is C20H17FN4OS. The van der Waals surface area contributed by atoms with Crippen LogP contribution in [0.15, 0.2) is 53.7 Å². The number of benzene rings is 2. The van der Waals surface area contributed by atoms with Crippen molar-refractivity contribution in [2.75, 3.05) is 5.73 Å². The average molecular weight is 380 g/mol. The van der Waals surface area contributed by atoms with E-state index in [9.17, 15) is 9.65 Å². The summed E-state index contributed by atoms with van der Waals surface area (Å²) in [7, 11) is 0. The molecule has 0 unspecified atom stereocenters. The van der Waals surface area contributed by atoms with E-state index in [1.54, 1.807) is 12.1 Å². The second-order valence-corrected chi connectivity index (χ2v) is 6.78. The van der Waals surface area contributed by atoms with Crippen LogP contribution in [0.1, 0.15) is 22.4 Å². The Balaban J connectivity index is 1.75. The summed E-state index contributed by atoms with van der Waals surface area (Å²) in [6.45, 7) is 2.11. The fourth-order valence-corrected chi connectivity index (χ4v) is 3.13. The van der Waals surface area contributed by atoms with E-state index >= 15 is 0 Å². The molecule has 0 amide bonds. The summed E-state index contributed by atoms with van der Waals surface area (Å²) >= 11 is 1.36. The van der Waals surface area contributed by atoms with Gasteiger partial charge in [0.15, 0.2) is 5.16 Å². The fraction of sp³-hybridized carbons (Fsp3) is 0.150. The highest BCUT2D eigenvalue weighted by atomic mass is 32.2. The molecule has 1 aromatic heterocycles. The number of nitrogens with two attached hydrogens (primary N) is 1. The molecule has 0 saturated carbocycles. The van der Waals surface area contributed by atoms with E-state index < -0.39 is 0 Å². The predicted molar refractivity (Wildman–Crippen MR) is 103 cm³/mol. The third kappa shape index (κ3) is 4.96. The van der Waals surface area contributed by atoms with Crippen LogP contribution in [0.5, 0.6) is 5.75 Å². The monoisotopic (exact) mass is 380 g/mol. The number of hydrogen-bond donors (Lipinski definition) is 1. The van der Waals surface area contributed by atoms with Crippen molar-refractivity contribution in [1.29, 1.82) is 5.26 Å². The first-order chi connectivity index (χ1) is 13.0. The Morgan fingerprint density at radius 1 is 1.11 bits per heavy atom. The highest BCUT2D eigenvalue weighted by molar-refractivity contribution is 7.98. The SMILES string of the molecule is Cc1ccc(OCc2nc(SCc3ccc(F)cc3)nc(N)c2C#N)cc1. The van der Waals surface area contributed by atoms with Crippen LogP contribution < -0.4 is 10.5 Å². The second-order valence-electron chi connectivity index (χ2n) is 5.84. The van der Waals surface area contributed by atoms with Gasteiger partial charge in [-0.25, -0.2) is 14.4 Å². The second kappa shape index (κ2) is 8.52. The Hall–Kier alpha value is -3.11. The van der Waals surface area contributed by atoms with Crippen molar-refractivity contribution in [3.05, 3.63) is 76.7 Å². The maximum Gasteiger partial charge on any atom is 0.190 e. The smallest absolute Gasteiger partial charge is 0.190 e. The first kappa shape index (κ1) is 18.7. The number of hydrogen-bond acceptors (Lipinski definition) is 6. The number of halogens is 1. The van der Waals surface area contributed by atoms with Crippen molar-refractivity contribution in [1.82, 2.24) is 9.97 Å². The molecule has 0 bridgehead atoms. The van der Waals surface area contributed by atoms with Crippen molar-refractivity contribution >= 4 is 17.6 Å². The van der Waals surface area contributed by atoms with E-state index in [1.165, 1.54) is 23.9 Å². The van der Waals surface area contributed by atoms with Gasteiger partial charge in [-0.05, 0) is 36.8 Å². The van der Waals surface area contributed by atoms with Crippen LogP contribution in [0.4, 0.5) is 10.2 Å². The van der Waals surface area contributed by atoms with E-state index in [0.29, 0.717) is 22.4 Å². The molecule has 0 spiro atoms. The Labute approximate surface area is 161 Å². The summed E-state index contributed by atoms with van der Waals surface area (Å²) in [6, 6.07) is 15.9. The van der Waals surface area contributed by atoms with Gasteiger partial charge < -0.3 is 10.5 Å². The molecule has 136 valence electrons. The number of ether oxygens (including phenoxy) is 1. The molecule has 27 heavy (non-hydrogen) atoms. The van der Waals surface area contributed by atoms with Crippen LogP contribution in [-0.2, 0) is 12.4 Å². The standard InChI is InChI=1S/C20H17FN4OS/c1-13-2-8-16(9-3-13)26-11-18-17(10-22)19(23)25-20(24-18)27-12-14-4-6-15(21)7-5-14/h2-9H,11-12H2,1H3,(H2,23,24,25). The zero-order valence-electron chi connectivity index (χ0n) is 14.6. The van der Waals surface area contributed by atoms with E-state index in [2.05, 4.69) is 9.97 Å². The quantitative estimate of drug-likeness (QED) is 0.508. The lowest BCUT2D eigenvalue weighted by molar-refractivity contribution is 0.299. The highest BCUT2D eigenvalue weighted by Gasteiger charge is 2.13. The maximum absolute atomic E-state index is 13.0. The Bertz CT molecular complexity index is 969. The number of nitrogen functional groups attached to an aromatic ring is 1. The van der Waals surface area contributed by atoms with Crippen LogP contribution in [0.3, 0.4) is 0 Å². The minimum atomic E-state index is -0.279. The number of anilines is 1. The molecule has 2 aromatic carbocycles. The van der Waals surface area contributed by atoms with Crippen LogP contribution in [0.2, 0.25) is 0 Å². The normalized spacial score (nSPS) is 10.4. The predicted octanol–water partition coefficient (Wildman–Crippen LogP) is 4.25. The molecule has 7 heteroatoms. The topological polar surface area (TPSA) is 84.8 Å². The minimum Gasteiger partial charge on any atom is -0.487 e. The highest BCUT2D eigenvalue weighted by Crippen LogP contribution is 2.24. The molecule has 5 nitrogen and oxygen atoms in total. The molecule has 3 rings (SSSR count). The van der Waals surface area contributed by atoms with Gasteiger partial charge in [0.25, 0.3) is 0 Å². The van der Waals surface area contributed by atoms with Gasteiger partial charge in [0.2, 0.25) is 0 Å². The number of aryl methyl sites for hydroxylation is 1. The zero-order chi connectivity index (χ0) is 19.2. The number of nitrogens with zero attached hydrogens (tertiary/aromatic N) is 3. The largest absolute Gasteiger partial charge is 0.487 e. The lowest BCUT2D eigenvalue weighted by Gasteiger charge is -2.10. The van der Waals surface area contributed by atoms with Gasteiger partial charge in [-0.3, -0.25) is 0 Å². The third-order valence-corrected chi connectivity index (χ3v) is 4.70. The lowest BCUT2D eigenvalue weighted by atomic mass is 10.2. The fourth-order valence-electron chi connectivity index (χ4n) is 2.31. The van der Waals surface area contributed by atoms with Gasteiger partial charge in [0.05, 0.1) is 0 Å². The molecule has 0 saturated heterocycles. The van der Waals surface area contributed by atoms with Gasteiger partial charge in [-0.15, -0.1) is 0 Å². The minimum absolute atomic E-state index is 0.114. The Morgan fingerprint density at radius 2 is 1.81 bits per heavy atom. The molecular weight excluding hydrogens is 363 g/mol. The van der Waals surface area contributed by atoms with Crippen LogP contribution in [-0.4, -0.2) is 9.97 Å². The summed E-state index contributed by atoms with van der Waals surface area (Å²) in [4.78, 5) is 8.60. The first-order valence-electron chi connectivity index (χ1n) is 8.18. The Kier molecular flexibility index (Phi) is 5.89. The maximum atomic E-state index is 13.0. The third-order valence-electron chi connectivity index (χ3n) is 3.78. The van der Waals surface area contributed by atoms with Gasteiger partial charge in [-0.1, -0.05) is 41.6 Å². The number of aromatic nitrogens is 2. The first-order valence-corrected chi connectivity index (χ1v) is 9.17. The summed E-state index contributed by atoms with van der Waals surface area (Å²) in [5, 5.41) is 9.79. The van der Waals surface area contributed by atoms with Gasteiger partial charge in [0, 0.05) is 5.75 Å². The molecule has 3 aromatic rings. The molecule has 0 aliphatic carbocycles. The molecule has 1 heterocycles. The van der Waals surface area contributed by atoms with Gasteiger partial charge in [-0.2, -0.15) is 5.26 Å². The summed E-state index contributed by atoms with van der Waals surface area (Å²) in [6.07, 6.45) is 0. The van der Waals surface area contributed by atoms with E-state index in [4.69, 9.17) is 10.5 Å². The lowest BCUT2D eigenvalue weighted by Crippen LogP contribution is -2.08. The average Bonchev–Trinajstić information content (AvgIpc) is 2.67. The van der Waals surface area contributed by atoms with E-state index in [0.717, 1.165) is 11.1 Å². The molecule has 0 fully saturated rings. The van der Waals surface area contributed by atoms with Crippen molar-refractivity contribution in [3.8, 4) is 11.8 Å². The molecule has 0 aliphatic rings. The van der Waals surface area contributed by atoms with Gasteiger partial charge in [0.1, 0.15) is 41.3 Å². The number of thioether (sulfide) groups is 1. The van der Waals surface area contributed by atoms with Crippen LogP contribution in [0, 0.1) is 24.1 Å². The Morgan fingerprint density at radius 3 is 2.48 bits per heavy atom. The molecule has 0 atom stereocenters. The summed E-state index contributed by atoms with van der Waals surface area (Å²) in [5.41, 5.74) is 8.64. The summed E-state index contributed by atoms with van der Waals surface area (Å²) in [5.74, 6) is 1.08. The van der Waals surface area contributed by atoms with Crippen molar-refractivity contribution < 1.29 is 9.13 Å². The van der Waals surface area contributed by atoms with Crippen LogP contribution >= 0.6 is 11.8 Å². The van der Waals surface area contributed by atoms with E-state index in [-0.39, 0.29) is 23.8 Å². The molecule has 0 radical (unpaired) electrons. The zero-order valence-corrected chi connectivity index (χ0v) is 15.5. The van der Waals surface area contributed by atoms with E-state index in [1.807, 2.05) is 37.3 Å². The van der Waals surface area contributed by atoms with Crippen molar-refractivity contribution in [2.24, 2.45) is 0 Å². The van der Waals surface area contributed by atoms with Crippen LogP contribution in [0.25, 0.3) is 0 Å². The molecule has 2 N–H and O–H groups in total. The summed E-state index contributed by atoms with van der Waals surface area (Å²) < 4.78 is 18.7. The molecule has 0 aliphatic heterocycles. The number of rotatable bonds is 6. The van der Waals surface area contributed by atoms with Gasteiger partial charge >= 0.3 is 0 Å². The number of nitriles is 1.